The van der Waals surface area contributed by atoms with Crippen molar-refractivity contribution < 1.29 is 24.3 Å². The van der Waals surface area contributed by atoms with Crippen LogP contribution in [0.1, 0.15) is 58.9 Å². The van der Waals surface area contributed by atoms with Crippen LogP contribution in [0.5, 0.6) is 0 Å². The summed E-state index contributed by atoms with van der Waals surface area (Å²) in [5, 5.41) is 21.9. The smallest absolute Gasteiger partial charge is 0.461 e. The third-order valence-electron chi connectivity index (χ3n) is 4.62. The first-order valence-corrected chi connectivity index (χ1v) is 9.72. The van der Waals surface area contributed by atoms with Crippen molar-refractivity contribution in [2.75, 3.05) is 0 Å². The van der Waals surface area contributed by atoms with E-state index in [1.807, 2.05) is 33.8 Å². The number of carbonyl (C=O) groups excluding carboxylic acids is 1. The van der Waals surface area contributed by atoms with Crippen LogP contribution in [0.3, 0.4) is 0 Å². The lowest BCUT2D eigenvalue weighted by molar-refractivity contribution is -0.159. The fraction of sp³-hybridized carbons (Fsp3) is 0.650. The third-order valence-corrected chi connectivity index (χ3v) is 4.62. The molecule has 1 fully saturated rings. The van der Waals surface area contributed by atoms with E-state index in [-0.39, 0.29) is 23.8 Å². The number of nitrogens with one attached hydrogen (secondary N) is 1. The maximum Gasteiger partial charge on any atom is 0.488 e. The Morgan fingerprint density at radius 3 is 2.56 bits per heavy atom. The minimum Gasteiger partial charge on any atom is -0.461 e. The number of hydrogen-bond donors (Lipinski definition) is 3. The monoisotopic (exact) mass is 377 g/mol. The molecule has 7 heteroatoms. The van der Waals surface area contributed by atoms with Crippen molar-refractivity contribution >= 4 is 18.6 Å². The Morgan fingerprint density at radius 2 is 1.96 bits per heavy atom. The van der Waals surface area contributed by atoms with E-state index < -0.39 is 13.2 Å². The molecule has 1 unspecified atom stereocenters. The van der Waals surface area contributed by atoms with E-state index in [1.165, 1.54) is 0 Å². The number of carbonyl (C=O) groups is 1. The molecule has 1 aromatic carbocycles. The lowest BCUT2D eigenvalue weighted by atomic mass is 9.79. The Kier molecular flexibility index (Phi) is 7.85. The number of rotatable bonds is 8. The molecule has 1 aliphatic carbocycles. The molecule has 150 valence electrons. The zero-order valence-corrected chi connectivity index (χ0v) is 16.8. The standard InChI is InChI=1S/C20H32BNO5/c1-14(27-20(2,3)4)18(19(23)26-17-10-5-6-11-17)22-13-15-8-7-9-16(12-15)21(24)25/h7-9,12,14,17-18,22,24-25H,5-6,10-11,13H2,1-4H3/t14?,18-/m0/s1. The molecular formula is C20H32BNO5. The molecule has 27 heavy (non-hydrogen) atoms. The molecule has 0 aliphatic heterocycles. The molecule has 0 aromatic heterocycles. The van der Waals surface area contributed by atoms with Crippen molar-refractivity contribution in [2.24, 2.45) is 0 Å². The van der Waals surface area contributed by atoms with Crippen molar-refractivity contribution in [1.82, 2.24) is 5.32 Å². The van der Waals surface area contributed by atoms with Crippen LogP contribution in [0.2, 0.25) is 0 Å². The van der Waals surface area contributed by atoms with Gasteiger partial charge in [0.25, 0.3) is 0 Å². The van der Waals surface area contributed by atoms with Gasteiger partial charge in [-0.25, -0.2) is 0 Å². The van der Waals surface area contributed by atoms with E-state index in [9.17, 15) is 14.8 Å². The van der Waals surface area contributed by atoms with Crippen LogP contribution in [0.15, 0.2) is 24.3 Å². The van der Waals surface area contributed by atoms with Crippen molar-refractivity contribution in [1.29, 1.82) is 0 Å². The summed E-state index contributed by atoms with van der Waals surface area (Å²) in [5.41, 5.74) is 0.883. The van der Waals surface area contributed by atoms with Gasteiger partial charge in [0, 0.05) is 6.54 Å². The molecule has 3 N–H and O–H groups in total. The molecule has 2 atom stereocenters. The molecule has 0 heterocycles. The van der Waals surface area contributed by atoms with Crippen LogP contribution in [0.25, 0.3) is 0 Å². The summed E-state index contributed by atoms with van der Waals surface area (Å²) in [7, 11) is -1.52. The average molecular weight is 377 g/mol. The van der Waals surface area contributed by atoms with Crippen LogP contribution in [0, 0.1) is 0 Å². The Balaban J connectivity index is 2.06. The highest BCUT2D eigenvalue weighted by Gasteiger charge is 2.32. The second-order valence-electron chi connectivity index (χ2n) is 8.26. The topological polar surface area (TPSA) is 88.0 Å². The van der Waals surface area contributed by atoms with Gasteiger partial charge in [-0.05, 0) is 64.4 Å². The number of ether oxygens (including phenoxy) is 2. The average Bonchev–Trinajstić information content (AvgIpc) is 3.06. The number of esters is 1. The summed E-state index contributed by atoms with van der Waals surface area (Å²) < 4.78 is 11.7. The Bertz CT molecular complexity index is 611. The van der Waals surface area contributed by atoms with Crippen LogP contribution in [0.4, 0.5) is 0 Å². The van der Waals surface area contributed by atoms with Crippen molar-refractivity contribution in [2.45, 2.75) is 83.8 Å². The van der Waals surface area contributed by atoms with Gasteiger partial charge in [-0.3, -0.25) is 10.1 Å². The maximum atomic E-state index is 12.8. The minimum atomic E-state index is -1.52. The Hall–Kier alpha value is -1.41. The maximum absolute atomic E-state index is 12.8. The summed E-state index contributed by atoms with van der Waals surface area (Å²) >= 11 is 0. The summed E-state index contributed by atoms with van der Waals surface area (Å²) in [6.45, 7) is 8.12. The molecule has 0 saturated heterocycles. The van der Waals surface area contributed by atoms with Gasteiger partial charge in [-0.1, -0.05) is 24.3 Å². The lowest BCUT2D eigenvalue weighted by Gasteiger charge is -2.31. The zero-order chi connectivity index (χ0) is 20.0. The molecule has 0 radical (unpaired) electrons. The van der Waals surface area contributed by atoms with Gasteiger partial charge in [0.05, 0.1) is 11.7 Å². The van der Waals surface area contributed by atoms with E-state index in [2.05, 4.69) is 5.32 Å². The predicted molar refractivity (Wildman–Crippen MR) is 106 cm³/mol. The van der Waals surface area contributed by atoms with E-state index >= 15 is 0 Å². The molecule has 1 aliphatic rings. The van der Waals surface area contributed by atoms with Crippen LogP contribution in [-0.4, -0.2) is 47.0 Å². The second kappa shape index (κ2) is 9.69. The van der Waals surface area contributed by atoms with Crippen LogP contribution in [-0.2, 0) is 20.8 Å². The van der Waals surface area contributed by atoms with Gasteiger partial charge in [0.2, 0.25) is 0 Å². The second-order valence-corrected chi connectivity index (χ2v) is 8.26. The molecule has 2 rings (SSSR count). The highest BCUT2D eigenvalue weighted by molar-refractivity contribution is 6.58. The highest BCUT2D eigenvalue weighted by Crippen LogP contribution is 2.22. The van der Waals surface area contributed by atoms with E-state index in [0.717, 1.165) is 31.2 Å². The van der Waals surface area contributed by atoms with Crippen molar-refractivity contribution in [3.8, 4) is 0 Å². The number of hydrogen-bond acceptors (Lipinski definition) is 6. The first kappa shape index (κ1) is 21.9. The van der Waals surface area contributed by atoms with Gasteiger partial charge in [0.15, 0.2) is 0 Å². The molecular weight excluding hydrogens is 345 g/mol. The summed E-state index contributed by atoms with van der Waals surface area (Å²) in [6, 6.07) is 6.37. The SMILES string of the molecule is CC(OC(C)(C)C)[C@H](NCc1cccc(B(O)O)c1)C(=O)OC1CCCC1. The van der Waals surface area contributed by atoms with E-state index in [4.69, 9.17) is 9.47 Å². The fourth-order valence-electron chi connectivity index (χ4n) is 3.40. The molecule has 1 aromatic rings. The molecule has 0 spiro atoms. The summed E-state index contributed by atoms with van der Waals surface area (Å²) in [5.74, 6) is -0.294. The van der Waals surface area contributed by atoms with E-state index in [0.29, 0.717) is 12.0 Å². The summed E-state index contributed by atoms with van der Waals surface area (Å²) in [6.07, 6.45) is 3.66. The number of benzene rings is 1. The molecule has 1 saturated carbocycles. The van der Waals surface area contributed by atoms with Gasteiger partial charge < -0.3 is 19.5 Å². The quantitative estimate of drug-likeness (QED) is 0.470. The largest absolute Gasteiger partial charge is 0.488 e. The molecule has 0 amide bonds. The van der Waals surface area contributed by atoms with Gasteiger partial charge in [0.1, 0.15) is 12.1 Å². The third kappa shape index (κ3) is 7.26. The lowest BCUT2D eigenvalue weighted by Crippen LogP contribution is -2.49. The molecule has 0 bridgehead atoms. The fourth-order valence-corrected chi connectivity index (χ4v) is 3.40. The zero-order valence-electron chi connectivity index (χ0n) is 16.8. The molecule has 6 nitrogen and oxygen atoms in total. The summed E-state index contributed by atoms with van der Waals surface area (Å²) in [4.78, 5) is 12.8. The van der Waals surface area contributed by atoms with Gasteiger partial charge in [-0.2, -0.15) is 0 Å². The Morgan fingerprint density at radius 1 is 1.30 bits per heavy atom. The van der Waals surface area contributed by atoms with Crippen molar-refractivity contribution in [3.63, 3.8) is 0 Å². The van der Waals surface area contributed by atoms with Gasteiger partial charge >= 0.3 is 13.1 Å². The normalized spacial score (nSPS) is 17.6. The van der Waals surface area contributed by atoms with Gasteiger partial charge in [-0.15, -0.1) is 0 Å². The first-order valence-electron chi connectivity index (χ1n) is 9.72. The Labute approximate surface area is 162 Å². The van der Waals surface area contributed by atoms with Crippen LogP contribution >= 0.6 is 0 Å². The minimum absolute atomic E-state index is 0.00324. The predicted octanol–water partition coefficient (Wildman–Crippen LogP) is 1.51. The van der Waals surface area contributed by atoms with Crippen molar-refractivity contribution in [3.05, 3.63) is 29.8 Å². The first-order chi connectivity index (χ1) is 12.7. The van der Waals surface area contributed by atoms with Crippen LogP contribution < -0.4 is 10.8 Å². The highest BCUT2D eigenvalue weighted by atomic mass is 16.6. The van der Waals surface area contributed by atoms with E-state index in [1.54, 1.807) is 18.2 Å².